The number of hydrogen-bond donors (Lipinski definition) is 1. The van der Waals surface area contributed by atoms with Gasteiger partial charge in [-0.15, -0.1) is 0 Å². The Bertz CT molecular complexity index is 256. The normalized spacial score (nSPS) is 40.4. The second kappa shape index (κ2) is 5.25. The minimum Gasteiger partial charge on any atom is -0.330 e. The van der Waals surface area contributed by atoms with Crippen molar-refractivity contribution in [3.05, 3.63) is 0 Å². The maximum atomic E-state index is 5.94. The Hall–Kier alpha value is -0.120. The lowest BCUT2D eigenvalue weighted by atomic mass is 10.0. The lowest BCUT2D eigenvalue weighted by molar-refractivity contribution is 0.146. The number of rotatable bonds is 2. The summed E-state index contributed by atoms with van der Waals surface area (Å²) in [5, 5.41) is 0. The van der Waals surface area contributed by atoms with Crippen molar-refractivity contribution in [2.45, 2.75) is 50.6 Å². The van der Waals surface area contributed by atoms with Crippen molar-refractivity contribution in [1.29, 1.82) is 0 Å². The van der Waals surface area contributed by atoms with Crippen LogP contribution in [0.25, 0.3) is 0 Å². The molecular weight excluding hydrogens is 210 g/mol. The molecule has 1 saturated carbocycles. The Labute approximate surface area is 105 Å². The largest absolute Gasteiger partial charge is 0.330 e. The van der Waals surface area contributed by atoms with E-state index in [0.717, 1.165) is 24.5 Å². The summed E-state index contributed by atoms with van der Waals surface area (Å²) in [5.74, 6) is 0.781. The van der Waals surface area contributed by atoms with Crippen LogP contribution in [0.1, 0.15) is 38.5 Å². The second-order valence-electron chi connectivity index (χ2n) is 6.17. The number of nitrogens with two attached hydrogens (primary N) is 1. The molecule has 3 fully saturated rings. The van der Waals surface area contributed by atoms with E-state index in [2.05, 4.69) is 9.80 Å². The zero-order chi connectivity index (χ0) is 11.7. The first-order valence-electron chi connectivity index (χ1n) is 7.56. The van der Waals surface area contributed by atoms with Gasteiger partial charge in [0.1, 0.15) is 0 Å². The summed E-state index contributed by atoms with van der Waals surface area (Å²) < 4.78 is 0. The summed E-state index contributed by atoms with van der Waals surface area (Å²) in [5.41, 5.74) is 5.94. The average Bonchev–Trinajstić information content (AvgIpc) is 2.94. The topological polar surface area (TPSA) is 32.5 Å². The molecule has 17 heavy (non-hydrogen) atoms. The molecule has 3 atom stereocenters. The fraction of sp³-hybridized carbons (Fsp3) is 1.00. The first-order chi connectivity index (χ1) is 8.38. The molecule has 0 aromatic heterocycles. The predicted octanol–water partition coefficient (Wildman–Crippen LogP) is 1.28. The highest BCUT2D eigenvalue weighted by atomic mass is 15.3. The van der Waals surface area contributed by atoms with Crippen LogP contribution >= 0.6 is 0 Å². The Morgan fingerprint density at radius 1 is 0.882 bits per heavy atom. The van der Waals surface area contributed by atoms with Crippen molar-refractivity contribution >= 4 is 0 Å². The third kappa shape index (κ3) is 2.38. The van der Waals surface area contributed by atoms with E-state index < -0.39 is 0 Å². The highest BCUT2D eigenvalue weighted by molar-refractivity contribution is 4.91. The molecule has 2 N–H and O–H groups in total. The molecule has 0 amide bonds. The Morgan fingerprint density at radius 2 is 1.71 bits per heavy atom. The number of fused-ring (bicyclic) bond motifs is 1. The lowest BCUT2D eigenvalue weighted by Crippen LogP contribution is -2.44. The van der Waals surface area contributed by atoms with Crippen LogP contribution in [-0.2, 0) is 0 Å². The molecule has 1 aliphatic carbocycles. The van der Waals surface area contributed by atoms with E-state index in [4.69, 9.17) is 5.73 Å². The predicted molar refractivity (Wildman–Crippen MR) is 71.0 cm³/mol. The van der Waals surface area contributed by atoms with E-state index in [9.17, 15) is 0 Å². The van der Waals surface area contributed by atoms with Gasteiger partial charge in [-0.3, -0.25) is 9.80 Å². The molecule has 0 aromatic rings. The molecule has 2 heterocycles. The molecular formula is C14H27N3. The Morgan fingerprint density at radius 3 is 2.59 bits per heavy atom. The van der Waals surface area contributed by atoms with E-state index >= 15 is 0 Å². The summed E-state index contributed by atoms with van der Waals surface area (Å²) in [6.45, 7) is 6.22. The zero-order valence-corrected chi connectivity index (χ0v) is 11.0. The monoisotopic (exact) mass is 237 g/mol. The van der Waals surface area contributed by atoms with E-state index in [1.165, 1.54) is 64.7 Å². The van der Waals surface area contributed by atoms with Crippen molar-refractivity contribution in [1.82, 2.24) is 9.80 Å². The van der Waals surface area contributed by atoms with Crippen molar-refractivity contribution < 1.29 is 0 Å². The lowest BCUT2D eigenvalue weighted by Gasteiger charge is -2.33. The van der Waals surface area contributed by atoms with Crippen LogP contribution in [0, 0.1) is 5.92 Å². The van der Waals surface area contributed by atoms with Gasteiger partial charge in [-0.05, 0) is 64.2 Å². The maximum absolute atomic E-state index is 5.94. The fourth-order valence-electron chi connectivity index (χ4n) is 4.31. The van der Waals surface area contributed by atoms with Gasteiger partial charge in [0.25, 0.3) is 0 Å². The third-order valence-corrected chi connectivity index (χ3v) is 5.23. The average molecular weight is 237 g/mol. The van der Waals surface area contributed by atoms with E-state index in [1.54, 1.807) is 0 Å². The second-order valence-corrected chi connectivity index (χ2v) is 6.17. The van der Waals surface area contributed by atoms with Crippen LogP contribution in [0.15, 0.2) is 0 Å². The highest BCUT2D eigenvalue weighted by Gasteiger charge is 2.35. The van der Waals surface area contributed by atoms with Gasteiger partial charge >= 0.3 is 0 Å². The van der Waals surface area contributed by atoms with Crippen LogP contribution in [0.2, 0.25) is 0 Å². The van der Waals surface area contributed by atoms with E-state index in [-0.39, 0.29) is 0 Å². The van der Waals surface area contributed by atoms with Crippen molar-refractivity contribution in [3.63, 3.8) is 0 Å². The van der Waals surface area contributed by atoms with Gasteiger partial charge in [-0.2, -0.15) is 0 Å². The fourth-order valence-corrected chi connectivity index (χ4v) is 4.31. The van der Waals surface area contributed by atoms with E-state index in [0.29, 0.717) is 0 Å². The summed E-state index contributed by atoms with van der Waals surface area (Å²) in [6.07, 6.45) is 8.38. The molecule has 3 nitrogen and oxygen atoms in total. The molecule has 0 spiro atoms. The molecule has 3 rings (SSSR count). The minimum absolute atomic E-state index is 0.781. The van der Waals surface area contributed by atoms with Gasteiger partial charge < -0.3 is 5.73 Å². The molecule has 98 valence electrons. The SMILES string of the molecule is NCC1CCCC1N1CCCN2CCCC2C1. The molecule has 3 unspecified atom stereocenters. The molecule has 2 saturated heterocycles. The Kier molecular flexibility index (Phi) is 3.69. The van der Waals surface area contributed by atoms with Crippen LogP contribution in [0.5, 0.6) is 0 Å². The van der Waals surface area contributed by atoms with Crippen LogP contribution in [0.4, 0.5) is 0 Å². The zero-order valence-electron chi connectivity index (χ0n) is 11.0. The maximum Gasteiger partial charge on any atom is 0.0223 e. The van der Waals surface area contributed by atoms with Crippen molar-refractivity contribution in [2.24, 2.45) is 11.7 Å². The van der Waals surface area contributed by atoms with Crippen molar-refractivity contribution in [2.75, 3.05) is 32.7 Å². The molecule has 3 heteroatoms. The standard InChI is InChI=1S/C14H27N3/c15-10-12-4-1-6-14(12)17-9-3-8-16-7-2-5-13(16)11-17/h12-14H,1-11,15H2. The molecule has 2 aliphatic heterocycles. The summed E-state index contributed by atoms with van der Waals surface area (Å²) >= 11 is 0. The van der Waals surface area contributed by atoms with Crippen molar-refractivity contribution in [3.8, 4) is 0 Å². The smallest absolute Gasteiger partial charge is 0.0223 e. The van der Waals surface area contributed by atoms with E-state index in [1.807, 2.05) is 0 Å². The highest BCUT2D eigenvalue weighted by Crippen LogP contribution is 2.32. The van der Waals surface area contributed by atoms with Gasteiger partial charge in [0.15, 0.2) is 0 Å². The number of nitrogens with zero attached hydrogens (tertiary/aromatic N) is 2. The van der Waals surface area contributed by atoms with Crippen LogP contribution in [0.3, 0.4) is 0 Å². The van der Waals surface area contributed by atoms with Gasteiger partial charge in [-0.1, -0.05) is 6.42 Å². The number of hydrogen-bond acceptors (Lipinski definition) is 3. The summed E-state index contributed by atoms with van der Waals surface area (Å²) in [4.78, 5) is 5.52. The first kappa shape index (κ1) is 11.9. The Balaban J connectivity index is 1.66. The first-order valence-corrected chi connectivity index (χ1v) is 7.56. The van der Waals surface area contributed by atoms with Gasteiger partial charge in [-0.25, -0.2) is 0 Å². The molecule has 0 bridgehead atoms. The van der Waals surface area contributed by atoms with Gasteiger partial charge in [0, 0.05) is 18.6 Å². The third-order valence-electron chi connectivity index (χ3n) is 5.23. The summed E-state index contributed by atoms with van der Waals surface area (Å²) in [7, 11) is 0. The minimum atomic E-state index is 0.781. The molecule has 0 aromatic carbocycles. The molecule has 3 aliphatic rings. The van der Waals surface area contributed by atoms with Gasteiger partial charge in [0.2, 0.25) is 0 Å². The summed E-state index contributed by atoms with van der Waals surface area (Å²) in [6, 6.07) is 1.66. The van der Waals surface area contributed by atoms with Crippen LogP contribution < -0.4 is 5.73 Å². The molecule has 0 radical (unpaired) electrons. The van der Waals surface area contributed by atoms with Gasteiger partial charge in [0.05, 0.1) is 0 Å². The van der Waals surface area contributed by atoms with Crippen LogP contribution in [-0.4, -0.2) is 54.6 Å². The quantitative estimate of drug-likeness (QED) is 0.785.